The smallest absolute Gasteiger partial charge is 0.255 e. The normalized spacial score (nSPS) is 14.7. The topological polar surface area (TPSA) is 91.8 Å². The van der Waals surface area contributed by atoms with Gasteiger partial charge in [-0.05, 0) is 49.4 Å². The lowest BCUT2D eigenvalue weighted by Gasteiger charge is -2.24. The van der Waals surface area contributed by atoms with Crippen LogP contribution in [0, 0.1) is 0 Å². The number of nitrogens with one attached hydrogen (secondary N) is 3. The van der Waals surface area contributed by atoms with Crippen molar-refractivity contribution in [2.75, 3.05) is 18.7 Å². The van der Waals surface area contributed by atoms with E-state index in [4.69, 9.17) is 0 Å². The van der Waals surface area contributed by atoms with Gasteiger partial charge in [-0.1, -0.05) is 32.1 Å². The van der Waals surface area contributed by atoms with Crippen LogP contribution in [0.2, 0.25) is 0 Å². The van der Waals surface area contributed by atoms with Crippen molar-refractivity contribution in [1.82, 2.24) is 25.6 Å². The quantitative estimate of drug-likeness (QED) is 0.270. The highest BCUT2D eigenvalue weighted by Crippen LogP contribution is 2.41. The predicted molar refractivity (Wildman–Crippen MR) is 145 cm³/mol. The number of hydrogen-bond acceptors (Lipinski definition) is 6. The zero-order valence-corrected chi connectivity index (χ0v) is 22.3. The largest absolute Gasteiger partial charge is 0.381 e. The van der Waals surface area contributed by atoms with Gasteiger partial charge in [0.05, 0.1) is 35.2 Å². The number of alkyl halides is 3. The second-order valence-electron chi connectivity index (χ2n) is 10.1. The molecule has 2 aromatic heterocycles. The van der Waals surface area contributed by atoms with Gasteiger partial charge >= 0.3 is 0 Å². The molecule has 206 valence electrons. The summed E-state index contributed by atoms with van der Waals surface area (Å²) >= 11 is 0. The van der Waals surface area contributed by atoms with E-state index >= 15 is 4.39 Å². The summed E-state index contributed by atoms with van der Waals surface area (Å²) in [6.07, 6.45) is 9.46. The van der Waals surface area contributed by atoms with E-state index in [1.807, 2.05) is 32.9 Å². The average molecular weight is 539 g/mol. The second kappa shape index (κ2) is 11.8. The number of anilines is 2. The Hall–Kier alpha value is -3.95. The molecule has 10 heteroatoms. The first kappa shape index (κ1) is 28.1. The van der Waals surface area contributed by atoms with Gasteiger partial charge in [-0.3, -0.25) is 9.78 Å². The molecule has 0 unspecified atom stereocenters. The van der Waals surface area contributed by atoms with E-state index in [9.17, 15) is 13.6 Å². The summed E-state index contributed by atoms with van der Waals surface area (Å²) < 4.78 is 42.2. The van der Waals surface area contributed by atoms with Crippen molar-refractivity contribution in [3.8, 4) is 0 Å². The van der Waals surface area contributed by atoms with Crippen molar-refractivity contribution >= 4 is 17.3 Å². The van der Waals surface area contributed by atoms with Gasteiger partial charge in [0.15, 0.2) is 5.67 Å². The molecule has 3 N–H and O–H groups in total. The van der Waals surface area contributed by atoms with Crippen molar-refractivity contribution in [2.45, 2.75) is 57.3 Å². The minimum atomic E-state index is -2.73. The highest BCUT2D eigenvalue weighted by Gasteiger charge is 2.47. The maximum atomic E-state index is 15.1. The van der Waals surface area contributed by atoms with E-state index in [2.05, 4.69) is 30.9 Å². The van der Waals surface area contributed by atoms with Gasteiger partial charge in [0.2, 0.25) is 0 Å². The van der Waals surface area contributed by atoms with Crippen LogP contribution in [-0.2, 0) is 12.2 Å². The van der Waals surface area contributed by atoms with Gasteiger partial charge in [0, 0.05) is 29.3 Å². The Morgan fingerprint density at radius 3 is 2.38 bits per heavy atom. The Bertz CT molecular complexity index is 1310. The Morgan fingerprint density at radius 2 is 1.82 bits per heavy atom. The number of hydrogen-bond donors (Lipinski definition) is 3. The summed E-state index contributed by atoms with van der Waals surface area (Å²) in [7, 11) is 0. The van der Waals surface area contributed by atoms with Crippen LogP contribution in [0.25, 0.3) is 0 Å². The fraction of sp³-hybridized carbons (Fsp3) is 0.379. The lowest BCUT2D eigenvalue weighted by molar-refractivity contribution is 0.0851. The Labute approximate surface area is 226 Å². The zero-order valence-electron chi connectivity index (χ0n) is 22.3. The number of nitrogens with zero attached hydrogens (tertiary/aromatic N) is 3. The van der Waals surface area contributed by atoms with Gasteiger partial charge < -0.3 is 16.0 Å². The zero-order chi connectivity index (χ0) is 28.0. The van der Waals surface area contributed by atoms with Crippen LogP contribution in [0.3, 0.4) is 0 Å². The molecule has 1 amide bonds. The molecule has 0 saturated heterocycles. The summed E-state index contributed by atoms with van der Waals surface area (Å²) in [6, 6.07) is 8.55. The van der Waals surface area contributed by atoms with E-state index in [1.54, 1.807) is 24.4 Å². The minimum Gasteiger partial charge on any atom is -0.381 e. The molecule has 0 atom stereocenters. The molecule has 7 nitrogen and oxygen atoms in total. The maximum Gasteiger partial charge on any atom is 0.255 e. The standard InChI is InChI=1S/C29H33F3N6O/c1-4-26(29(9-10-29)38-27(39)21-12-33-18-34-13-21)36-14-22-6-7-23(15-35-22)37-25-8-5-20(19(2)3)11-24(25)28(32,16-30)17-31/h4-8,11-13,15,18-19,36-37H,9-10,14,16-17H2,1-3H3,(H,38,39). The predicted octanol–water partition coefficient (Wildman–Crippen LogP) is 5.80. The maximum absolute atomic E-state index is 15.1. The number of amides is 1. The lowest BCUT2D eigenvalue weighted by Crippen LogP contribution is -2.42. The highest BCUT2D eigenvalue weighted by molar-refractivity contribution is 5.94. The third-order valence-electron chi connectivity index (χ3n) is 6.91. The molecule has 2 heterocycles. The Balaban J connectivity index is 1.42. The van der Waals surface area contributed by atoms with E-state index in [-0.39, 0.29) is 23.1 Å². The van der Waals surface area contributed by atoms with Crippen LogP contribution in [0.1, 0.15) is 66.7 Å². The fourth-order valence-corrected chi connectivity index (χ4v) is 4.36. The van der Waals surface area contributed by atoms with E-state index in [0.29, 0.717) is 17.8 Å². The number of carbonyl (C=O) groups excluding carboxylic acids is 1. The summed E-state index contributed by atoms with van der Waals surface area (Å²) in [5.41, 5.74) is 0.416. The van der Waals surface area contributed by atoms with Gasteiger partial charge in [-0.25, -0.2) is 23.1 Å². The van der Waals surface area contributed by atoms with Crippen molar-refractivity contribution in [3.63, 3.8) is 0 Å². The van der Waals surface area contributed by atoms with Crippen molar-refractivity contribution in [2.24, 2.45) is 0 Å². The number of halogens is 3. The first-order chi connectivity index (χ1) is 18.7. The van der Waals surface area contributed by atoms with Crippen LogP contribution < -0.4 is 16.0 Å². The third kappa shape index (κ3) is 6.38. The minimum absolute atomic E-state index is 0.0546. The number of benzene rings is 1. The molecule has 0 radical (unpaired) electrons. The molecule has 39 heavy (non-hydrogen) atoms. The van der Waals surface area contributed by atoms with Crippen molar-refractivity contribution in [3.05, 3.63) is 89.4 Å². The van der Waals surface area contributed by atoms with Crippen molar-refractivity contribution < 1.29 is 18.0 Å². The van der Waals surface area contributed by atoms with Gasteiger partial charge in [0.25, 0.3) is 5.91 Å². The summed E-state index contributed by atoms with van der Waals surface area (Å²) in [4.78, 5) is 24.9. The first-order valence-corrected chi connectivity index (χ1v) is 12.9. The average Bonchev–Trinajstić information content (AvgIpc) is 3.74. The second-order valence-corrected chi connectivity index (χ2v) is 10.1. The number of rotatable bonds is 12. The van der Waals surface area contributed by atoms with Gasteiger partial charge in [-0.15, -0.1) is 0 Å². The monoisotopic (exact) mass is 538 g/mol. The molecule has 1 aliphatic rings. The van der Waals surface area contributed by atoms with E-state index in [1.165, 1.54) is 24.8 Å². The molecule has 0 spiro atoms. The highest BCUT2D eigenvalue weighted by atomic mass is 19.2. The van der Waals surface area contributed by atoms with Crippen LogP contribution in [0.15, 0.2) is 67.0 Å². The first-order valence-electron chi connectivity index (χ1n) is 12.9. The molecule has 4 rings (SSSR count). The third-order valence-corrected chi connectivity index (χ3v) is 6.91. The lowest BCUT2D eigenvalue weighted by atomic mass is 9.91. The molecular weight excluding hydrogens is 505 g/mol. The molecule has 1 saturated carbocycles. The molecule has 1 fully saturated rings. The van der Waals surface area contributed by atoms with Crippen LogP contribution in [-0.4, -0.2) is 39.7 Å². The fourth-order valence-electron chi connectivity index (χ4n) is 4.36. The molecule has 3 aromatic rings. The molecule has 1 aromatic carbocycles. The SMILES string of the molecule is CC=C(NCc1ccc(Nc2ccc(C(C)C)cc2C(F)(CF)CF)cn1)C1(NC(=O)c2cncnc2)CC1. The van der Waals surface area contributed by atoms with Crippen LogP contribution >= 0.6 is 0 Å². The number of pyridine rings is 1. The molecular formula is C29H33F3N6O. The molecule has 0 bridgehead atoms. The summed E-state index contributed by atoms with van der Waals surface area (Å²) in [5, 5.41) is 9.52. The van der Waals surface area contributed by atoms with E-state index < -0.39 is 24.6 Å². The Kier molecular flexibility index (Phi) is 8.52. The summed E-state index contributed by atoms with van der Waals surface area (Å²) in [6.45, 7) is 3.27. The van der Waals surface area contributed by atoms with E-state index in [0.717, 1.165) is 29.8 Å². The van der Waals surface area contributed by atoms with Gasteiger partial charge in [-0.2, -0.15) is 0 Å². The molecule has 0 aliphatic heterocycles. The van der Waals surface area contributed by atoms with Crippen LogP contribution in [0.5, 0.6) is 0 Å². The van der Waals surface area contributed by atoms with Crippen molar-refractivity contribution in [1.29, 1.82) is 0 Å². The number of allylic oxidation sites excluding steroid dienone is 1. The Morgan fingerprint density at radius 1 is 1.10 bits per heavy atom. The molecule has 1 aliphatic carbocycles. The van der Waals surface area contributed by atoms with Crippen LogP contribution in [0.4, 0.5) is 24.5 Å². The number of aromatic nitrogens is 3. The summed E-state index contributed by atoms with van der Waals surface area (Å²) in [5.74, 6) is -0.159. The van der Waals surface area contributed by atoms with Gasteiger partial charge in [0.1, 0.15) is 19.7 Å². The number of carbonyl (C=O) groups is 1.